The van der Waals surface area contributed by atoms with Crippen LogP contribution in [0.1, 0.15) is 13.3 Å². The molecule has 7 heteroatoms. The number of anilines is 1. The van der Waals surface area contributed by atoms with Crippen molar-refractivity contribution >= 4 is 22.8 Å². The van der Waals surface area contributed by atoms with Crippen molar-refractivity contribution in [3.05, 3.63) is 28.3 Å². The maximum absolute atomic E-state index is 10.6. The van der Waals surface area contributed by atoms with E-state index in [2.05, 4.69) is 10.3 Å². The Bertz CT molecular complexity index is 581. The molecule has 0 amide bonds. The van der Waals surface area contributed by atoms with E-state index in [0.717, 1.165) is 0 Å². The standard InChI is InChI=1S/C12H15N3O4/c1-8(4-5-16)7-13-12-14-10-6-9(15(17)18)2-3-11(10)19-12/h2-3,6,8,16H,4-5,7H2,1H3,(H,13,14). The Kier molecular flexibility index (Phi) is 3.96. The monoisotopic (exact) mass is 265 g/mol. The molecule has 0 aliphatic carbocycles. The maximum Gasteiger partial charge on any atom is 0.295 e. The van der Waals surface area contributed by atoms with Crippen molar-refractivity contribution in [3.8, 4) is 0 Å². The van der Waals surface area contributed by atoms with Gasteiger partial charge in [-0.25, -0.2) is 0 Å². The van der Waals surface area contributed by atoms with Crippen LogP contribution in [0.2, 0.25) is 0 Å². The average molecular weight is 265 g/mol. The number of aliphatic hydroxyl groups is 1. The predicted octanol–water partition coefficient (Wildman–Crippen LogP) is 2.17. The van der Waals surface area contributed by atoms with Gasteiger partial charge in [-0.3, -0.25) is 10.1 Å². The number of hydrogen-bond donors (Lipinski definition) is 2. The first-order valence-electron chi connectivity index (χ1n) is 6.00. The van der Waals surface area contributed by atoms with Gasteiger partial charge in [-0.15, -0.1) is 0 Å². The molecular weight excluding hydrogens is 250 g/mol. The Labute approximate surface area is 109 Å². The number of aromatic nitrogens is 1. The van der Waals surface area contributed by atoms with Crippen molar-refractivity contribution in [2.45, 2.75) is 13.3 Å². The molecule has 1 unspecified atom stereocenters. The fraction of sp³-hybridized carbons (Fsp3) is 0.417. The van der Waals surface area contributed by atoms with Crippen LogP contribution in [0.4, 0.5) is 11.7 Å². The summed E-state index contributed by atoms with van der Waals surface area (Å²) in [5.74, 6) is 0.286. The van der Waals surface area contributed by atoms with E-state index in [1.807, 2.05) is 6.92 Å². The molecule has 0 fully saturated rings. The van der Waals surface area contributed by atoms with Crippen molar-refractivity contribution in [3.63, 3.8) is 0 Å². The molecule has 2 rings (SSSR count). The number of nitrogens with one attached hydrogen (secondary N) is 1. The lowest BCUT2D eigenvalue weighted by Gasteiger charge is -2.08. The Morgan fingerprint density at radius 1 is 1.58 bits per heavy atom. The molecule has 0 radical (unpaired) electrons. The second-order valence-electron chi connectivity index (χ2n) is 4.43. The van der Waals surface area contributed by atoms with Gasteiger partial charge in [0.05, 0.1) is 4.92 Å². The van der Waals surface area contributed by atoms with Crippen LogP contribution in [-0.2, 0) is 0 Å². The van der Waals surface area contributed by atoms with E-state index in [-0.39, 0.29) is 18.2 Å². The summed E-state index contributed by atoms with van der Waals surface area (Å²) in [5.41, 5.74) is 0.940. The second kappa shape index (κ2) is 5.66. The highest BCUT2D eigenvalue weighted by molar-refractivity contribution is 5.77. The minimum atomic E-state index is -0.468. The first-order chi connectivity index (χ1) is 9.10. The van der Waals surface area contributed by atoms with Gasteiger partial charge in [0.25, 0.3) is 11.7 Å². The summed E-state index contributed by atoms with van der Waals surface area (Å²) in [5, 5.41) is 22.5. The summed E-state index contributed by atoms with van der Waals surface area (Å²) >= 11 is 0. The van der Waals surface area contributed by atoms with Gasteiger partial charge in [0.15, 0.2) is 5.58 Å². The van der Waals surface area contributed by atoms with E-state index in [1.54, 1.807) is 0 Å². The Morgan fingerprint density at radius 3 is 3.05 bits per heavy atom. The summed E-state index contributed by atoms with van der Waals surface area (Å²) in [6, 6.07) is 4.62. The Hall–Kier alpha value is -2.15. The van der Waals surface area contributed by atoms with E-state index in [0.29, 0.717) is 30.1 Å². The van der Waals surface area contributed by atoms with E-state index in [4.69, 9.17) is 9.52 Å². The minimum Gasteiger partial charge on any atom is -0.424 e. The second-order valence-corrected chi connectivity index (χ2v) is 4.43. The van der Waals surface area contributed by atoms with Crippen molar-refractivity contribution < 1.29 is 14.4 Å². The van der Waals surface area contributed by atoms with Crippen molar-refractivity contribution in [1.82, 2.24) is 4.98 Å². The van der Waals surface area contributed by atoms with Gasteiger partial charge in [0, 0.05) is 25.3 Å². The Balaban J connectivity index is 2.11. The first kappa shape index (κ1) is 13.3. The molecule has 0 saturated carbocycles. The highest BCUT2D eigenvalue weighted by Crippen LogP contribution is 2.23. The van der Waals surface area contributed by atoms with E-state index < -0.39 is 4.92 Å². The molecule has 1 aromatic heterocycles. The molecule has 1 heterocycles. The zero-order valence-electron chi connectivity index (χ0n) is 10.5. The van der Waals surface area contributed by atoms with Gasteiger partial charge in [0.2, 0.25) is 0 Å². The zero-order valence-corrected chi connectivity index (χ0v) is 10.5. The number of non-ortho nitro benzene ring substituents is 1. The third-order valence-corrected chi connectivity index (χ3v) is 2.81. The number of aliphatic hydroxyl groups excluding tert-OH is 1. The number of benzene rings is 1. The molecule has 0 aliphatic heterocycles. The van der Waals surface area contributed by atoms with Crippen molar-refractivity contribution in [2.24, 2.45) is 5.92 Å². The molecule has 0 bridgehead atoms. The molecule has 0 saturated heterocycles. The molecule has 2 aromatic rings. The lowest BCUT2D eigenvalue weighted by atomic mass is 10.1. The number of hydrogen-bond acceptors (Lipinski definition) is 6. The van der Waals surface area contributed by atoms with Crippen LogP contribution in [0.3, 0.4) is 0 Å². The summed E-state index contributed by atoms with van der Waals surface area (Å²) in [6.07, 6.45) is 0.693. The van der Waals surface area contributed by atoms with E-state index in [9.17, 15) is 10.1 Å². The lowest BCUT2D eigenvalue weighted by Crippen LogP contribution is -2.12. The molecule has 7 nitrogen and oxygen atoms in total. The van der Waals surface area contributed by atoms with E-state index in [1.165, 1.54) is 18.2 Å². The number of fused-ring (bicyclic) bond motifs is 1. The molecule has 2 N–H and O–H groups in total. The third kappa shape index (κ3) is 3.19. The van der Waals surface area contributed by atoms with Crippen LogP contribution in [0.15, 0.2) is 22.6 Å². The van der Waals surface area contributed by atoms with E-state index >= 15 is 0 Å². The maximum atomic E-state index is 10.6. The number of nitro groups is 1. The fourth-order valence-electron chi connectivity index (χ4n) is 1.69. The lowest BCUT2D eigenvalue weighted by molar-refractivity contribution is -0.384. The smallest absolute Gasteiger partial charge is 0.295 e. The predicted molar refractivity (Wildman–Crippen MR) is 70.0 cm³/mol. The summed E-state index contributed by atoms with van der Waals surface area (Å²) in [4.78, 5) is 14.3. The van der Waals surface area contributed by atoms with Crippen LogP contribution < -0.4 is 5.32 Å². The van der Waals surface area contributed by atoms with Gasteiger partial charge in [-0.1, -0.05) is 6.92 Å². The van der Waals surface area contributed by atoms with Crippen molar-refractivity contribution in [1.29, 1.82) is 0 Å². The zero-order chi connectivity index (χ0) is 13.8. The average Bonchev–Trinajstić information content (AvgIpc) is 2.78. The molecule has 1 aromatic carbocycles. The summed E-state index contributed by atoms with van der Waals surface area (Å²) < 4.78 is 5.42. The van der Waals surface area contributed by atoms with Crippen LogP contribution in [0.5, 0.6) is 0 Å². The number of oxazole rings is 1. The molecule has 0 aliphatic rings. The molecular formula is C12H15N3O4. The number of nitrogens with zero attached hydrogens (tertiary/aromatic N) is 2. The number of rotatable bonds is 6. The molecule has 0 spiro atoms. The largest absolute Gasteiger partial charge is 0.424 e. The third-order valence-electron chi connectivity index (χ3n) is 2.81. The molecule has 19 heavy (non-hydrogen) atoms. The normalized spacial score (nSPS) is 12.5. The summed E-state index contributed by atoms with van der Waals surface area (Å²) in [6.45, 7) is 2.76. The number of nitro benzene ring substituents is 1. The van der Waals surface area contributed by atoms with Crippen LogP contribution in [0, 0.1) is 16.0 Å². The topological polar surface area (TPSA) is 101 Å². The van der Waals surface area contributed by atoms with Crippen LogP contribution in [-0.4, -0.2) is 28.2 Å². The van der Waals surface area contributed by atoms with Crippen LogP contribution >= 0.6 is 0 Å². The summed E-state index contributed by atoms with van der Waals surface area (Å²) in [7, 11) is 0. The van der Waals surface area contributed by atoms with Gasteiger partial charge in [-0.2, -0.15) is 4.98 Å². The SMILES string of the molecule is CC(CCO)CNc1nc2cc([N+](=O)[O-])ccc2o1. The Morgan fingerprint density at radius 2 is 2.37 bits per heavy atom. The highest BCUT2D eigenvalue weighted by atomic mass is 16.6. The fourth-order valence-corrected chi connectivity index (χ4v) is 1.69. The quantitative estimate of drug-likeness (QED) is 0.613. The van der Waals surface area contributed by atoms with Crippen molar-refractivity contribution in [2.75, 3.05) is 18.5 Å². The first-order valence-corrected chi connectivity index (χ1v) is 6.00. The highest BCUT2D eigenvalue weighted by Gasteiger charge is 2.12. The van der Waals surface area contributed by atoms with Gasteiger partial charge >= 0.3 is 0 Å². The van der Waals surface area contributed by atoms with Gasteiger partial charge in [0.1, 0.15) is 5.52 Å². The van der Waals surface area contributed by atoms with Gasteiger partial charge in [-0.05, 0) is 18.4 Å². The molecule has 1 atom stereocenters. The van der Waals surface area contributed by atoms with Crippen LogP contribution in [0.25, 0.3) is 11.1 Å². The minimum absolute atomic E-state index is 0.0130. The molecule has 102 valence electrons. The van der Waals surface area contributed by atoms with Gasteiger partial charge < -0.3 is 14.8 Å².